The number of sulfonamides is 1. The second kappa shape index (κ2) is 6.38. The highest BCUT2D eigenvalue weighted by molar-refractivity contribution is 7.89. The van der Waals surface area contributed by atoms with Crippen LogP contribution < -0.4 is 10.0 Å². The predicted molar refractivity (Wildman–Crippen MR) is 87.1 cm³/mol. The maximum Gasteiger partial charge on any atom is 0.241 e. The molecule has 1 aliphatic carbocycles. The summed E-state index contributed by atoms with van der Waals surface area (Å²) in [6, 6.07) is 6.28. The minimum absolute atomic E-state index is 0.0286. The highest BCUT2D eigenvalue weighted by Crippen LogP contribution is 2.26. The van der Waals surface area contributed by atoms with Crippen molar-refractivity contribution in [1.29, 1.82) is 0 Å². The zero-order valence-electron chi connectivity index (χ0n) is 13.3. The van der Waals surface area contributed by atoms with Crippen LogP contribution in [0.1, 0.15) is 46.5 Å². The lowest BCUT2D eigenvalue weighted by Crippen LogP contribution is -2.40. The van der Waals surface area contributed by atoms with Gasteiger partial charge in [-0.15, -0.1) is 0 Å². The van der Waals surface area contributed by atoms with Crippen molar-refractivity contribution in [2.75, 3.05) is 5.32 Å². The summed E-state index contributed by atoms with van der Waals surface area (Å²) in [7, 11) is -3.54. The molecule has 0 spiro atoms. The Morgan fingerprint density at radius 3 is 2.14 bits per heavy atom. The van der Waals surface area contributed by atoms with Crippen LogP contribution in [0.3, 0.4) is 0 Å². The third-order valence-electron chi connectivity index (χ3n) is 3.60. The van der Waals surface area contributed by atoms with E-state index in [0.717, 1.165) is 25.7 Å². The predicted octanol–water partition coefficient (Wildman–Crippen LogP) is 2.89. The number of hydrogen-bond donors (Lipinski definition) is 2. The molecule has 6 heteroatoms. The number of rotatable bonds is 4. The Kier molecular flexibility index (Phi) is 4.92. The number of carbonyl (C=O) groups excluding carboxylic acids is 1. The molecule has 1 amide bonds. The van der Waals surface area contributed by atoms with E-state index in [1.807, 2.05) is 0 Å². The molecule has 122 valence electrons. The van der Waals surface area contributed by atoms with Gasteiger partial charge in [0.15, 0.2) is 0 Å². The average molecular weight is 324 g/mol. The Balaban J connectivity index is 2.05. The van der Waals surface area contributed by atoms with Crippen molar-refractivity contribution in [2.24, 2.45) is 5.92 Å². The van der Waals surface area contributed by atoms with E-state index in [0.29, 0.717) is 5.69 Å². The normalized spacial score (nSPS) is 16.7. The van der Waals surface area contributed by atoms with Crippen molar-refractivity contribution in [3.63, 3.8) is 0 Å². The van der Waals surface area contributed by atoms with Gasteiger partial charge < -0.3 is 5.32 Å². The van der Waals surface area contributed by atoms with Crippen LogP contribution >= 0.6 is 0 Å². The van der Waals surface area contributed by atoms with Gasteiger partial charge in [-0.1, -0.05) is 12.8 Å². The molecule has 1 saturated carbocycles. The second-order valence-corrected chi connectivity index (χ2v) is 8.53. The van der Waals surface area contributed by atoms with E-state index >= 15 is 0 Å². The molecule has 0 saturated heterocycles. The maximum atomic E-state index is 12.2. The van der Waals surface area contributed by atoms with Crippen LogP contribution in [0.25, 0.3) is 0 Å². The molecular weight excluding hydrogens is 300 g/mol. The van der Waals surface area contributed by atoms with Gasteiger partial charge in [-0.25, -0.2) is 13.1 Å². The Bertz CT molecular complexity index is 624. The van der Waals surface area contributed by atoms with Crippen molar-refractivity contribution < 1.29 is 13.2 Å². The zero-order chi connectivity index (χ0) is 16.4. The summed E-state index contributed by atoms with van der Waals surface area (Å²) in [5.41, 5.74) is 0.0976. The van der Waals surface area contributed by atoms with E-state index in [4.69, 9.17) is 0 Å². The van der Waals surface area contributed by atoms with E-state index in [9.17, 15) is 13.2 Å². The van der Waals surface area contributed by atoms with Gasteiger partial charge in [-0.05, 0) is 57.9 Å². The van der Waals surface area contributed by atoms with E-state index < -0.39 is 15.6 Å². The molecule has 0 heterocycles. The highest BCUT2D eigenvalue weighted by atomic mass is 32.2. The number of benzene rings is 1. The van der Waals surface area contributed by atoms with Crippen LogP contribution in [-0.2, 0) is 14.8 Å². The van der Waals surface area contributed by atoms with Gasteiger partial charge in [0.2, 0.25) is 15.9 Å². The summed E-state index contributed by atoms with van der Waals surface area (Å²) < 4.78 is 27.0. The van der Waals surface area contributed by atoms with Gasteiger partial charge in [0, 0.05) is 17.1 Å². The quantitative estimate of drug-likeness (QED) is 0.894. The minimum Gasteiger partial charge on any atom is -0.326 e. The van der Waals surface area contributed by atoms with Crippen molar-refractivity contribution >= 4 is 21.6 Å². The first-order chi connectivity index (χ1) is 10.2. The topological polar surface area (TPSA) is 75.3 Å². The smallest absolute Gasteiger partial charge is 0.241 e. The molecule has 1 aliphatic rings. The lowest BCUT2D eigenvalue weighted by atomic mass is 10.1. The molecule has 0 aliphatic heterocycles. The van der Waals surface area contributed by atoms with Crippen LogP contribution in [0.15, 0.2) is 29.2 Å². The SMILES string of the molecule is CC(C)(C)NS(=O)(=O)c1ccc(NC(=O)C2CCCC2)cc1. The van der Waals surface area contributed by atoms with E-state index in [1.165, 1.54) is 12.1 Å². The van der Waals surface area contributed by atoms with Gasteiger partial charge in [-0.3, -0.25) is 4.79 Å². The van der Waals surface area contributed by atoms with Crippen LogP contribution in [0.5, 0.6) is 0 Å². The first-order valence-electron chi connectivity index (χ1n) is 7.62. The molecule has 0 aromatic heterocycles. The van der Waals surface area contributed by atoms with Crippen molar-refractivity contribution in [2.45, 2.75) is 56.9 Å². The Labute approximate surface area is 132 Å². The van der Waals surface area contributed by atoms with Gasteiger partial charge in [0.25, 0.3) is 0 Å². The fraction of sp³-hybridized carbons (Fsp3) is 0.562. The molecule has 5 nitrogen and oxygen atoms in total. The summed E-state index contributed by atoms with van der Waals surface area (Å²) in [5.74, 6) is 0.117. The summed E-state index contributed by atoms with van der Waals surface area (Å²) in [5, 5.41) is 2.86. The molecule has 2 N–H and O–H groups in total. The Hall–Kier alpha value is -1.40. The van der Waals surface area contributed by atoms with Gasteiger partial charge in [0.05, 0.1) is 4.90 Å². The molecule has 0 bridgehead atoms. The van der Waals surface area contributed by atoms with Crippen molar-refractivity contribution in [1.82, 2.24) is 4.72 Å². The molecule has 0 atom stereocenters. The number of hydrogen-bond acceptors (Lipinski definition) is 3. The Morgan fingerprint density at radius 1 is 1.09 bits per heavy atom. The van der Waals surface area contributed by atoms with E-state index in [1.54, 1.807) is 32.9 Å². The fourth-order valence-electron chi connectivity index (χ4n) is 2.61. The van der Waals surface area contributed by atoms with Crippen LogP contribution in [-0.4, -0.2) is 19.9 Å². The van der Waals surface area contributed by atoms with Crippen LogP contribution in [0, 0.1) is 5.92 Å². The fourth-order valence-corrected chi connectivity index (χ4v) is 4.03. The molecule has 2 rings (SSSR count). The highest BCUT2D eigenvalue weighted by Gasteiger charge is 2.24. The first kappa shape index (κ1) is 17.0. The van der Waals surface area contributed by atoms with E-state index in [-0.39, 0.29) is 16.7 Å². The molecule has 1 fully saturated rings. The number of anilines is 1. The maximum absolute atomic E-state index is 12.2. The summed E-state index contributed by atoms with van der Waals surface area (Å²) >= 11 is 0. The van der Waals surface area contributed by atoms with Gasteiger partial charge in [0.1, 0.15) is 0 Å². The summed E-state index contributed by atoms with van der Waals surface area (Å²) in [4.78, 5) is 12.2. The zero-order valence-corrected chi connectivity index (χ0v) is 14.2. The first-order valence-corrected chi connectivity index (χ1v) is 9.11. The van der Waals surface area contributed by atoms with Crippen LogP contribution in [0.2, 0.25) is 0 Å². The van der Waals surface area contributed by atoms with E-state index in [2.05, 4.69) is 10.0 Å². The average Bonchev–Trinajstić information content (AvgIpc) is 2.90. The number of amides is 1. The van der Waals surface area contributed by atoms with Gasteiger partial charge >= 0.3 is 0 Å². The van der Waals surface area contributed by atoms with Crippen LogP contribution in [0.4, 0.5) is 5.69 Å². The minimum atomic E-state index is -3.54. The molecule has 1 aromatic rings. The molecule has 1 aromatic carbocycles. The standard InChI is InChI=1S/C16H24N2O3S/c1-16(2,3)18-22(20,21)14-10-8-13(9-11-14)17-15(19)12-6-4-5-7-12/h8-12,18H,4-7H2,1-3H3,(H,17,19). The molecular formula is C16H24N2O3S. The third kappa shape index (κ3) is 4.55. The van der Waals surface area contributed by atoms with Crippen molar-refractivity contribution in [3.8, 4) is 0 Å². The number of nitrogens with one attached hydrogen (secondary N) is 2. The monoisotopic (exact) mass is 324 g/mol. The largest absolute Gasteiger partial charge is 0.326 e. The second-order valence-electron chi connectivity index (χ2n) is 6.85. The summed E-state index contributed by atoms with van der Waals surface area (Å²) in [6.07, 6.45) is 4.09. The number of carbonyl (C=O) groups is 1. The lowest BCUT2D eigenvalue weighted by Gasteiger charge is -2.20. The van der Waals surface area contributed by atoms with Gasteiger partial charge in [-0.2, -0.15) is 0 Å². The summed E-state index contributed by atoms with van der Waals surface area (Å²) in [6.45, 7) is 5.38. The third-order valence-corrected chi connectivity index (χ3v) is 5.37. The van der Waals surface area contributed by atoms with Crippen molar-refractivity contribution in [3.05, 3.63) is 24.3 Å². The lowest BCUT2D eigenvalue weighted by molar-refractivity contribution is -0.119. The Morgan fingerprint density at radius 2 is 1.64 bits per heavy atom. The molecule has 0 unspecified atom stereocenters. The molecule has 0 radical (unpaired) electrons. The molecule has 22 heavy (non-hydrogen) atoms.